The van der Waals surface area contributed by atoms with Crippen LogP contribution in [0.2, 0.25) is 5.02 Å². The highest BCUT2D eigenvalue weighted by atomic mass is 35.5. The molecule has 0 radical (unpaired) electrons. The van der Waals surface area contributed by atoms with E-state index in [-0.39, 0.29) is 11.7 Å². The highest BCUT2D eigenvalue weighted by molar-refractivity contribution is 7.99. The van der Waals surface area contributed by atoms with E-state index >= 15 is 0 Å². The van der Waals surface area contributed by atoms with Crippen LogP contribution in [0.25, 0.3) is 11.0 Å². The van der Waals surface area contributed by atoms with Crippen molar-refractivity contribution in [3.8, 4) is 0 Å². The lowest BCUT2D eigenvalue weighted by Gasteiger charge is -2.09. The van der Waals surface area contributed by atoms with Crippen molar-refractivity contribution in [1.29, 1.82) is 0 Å². The molecule has 0 fully saturated rings. The van der Waals surface area contributed by atoms with E-state index < -0.39 is 5.97 Å². The molecular weight excluding hydrogens is 422 g/mol. The first kappa shape index (κ1) is 20.7. The maximum absolute atomic E-state index is 12.4. The van der Waals surface area contributed by atoms with Gasteiger partial charge in [-0.05, 0) is 29.6 Å². The number of thiophene rings is 1. The van der Waals surface area contributed by atoms with Crippen LogP contribution in [0.5, 0.6) is 0 Å². The molecule has 1 amide bonds. The van der Waals surface area contributed by atoms with Gasteiger partial charge in [0, 0.05) is 18.7 Å². The van der Waals surface area contributed by atoms with Crippen LogP contribution in [-0.2, 0) is 20.8 Å². The van der Waals surface area contributed by atoms with E-state index in [4.69, 9.17) is 21.1 Å². The van der Waals surface area contributed by atoms with Crippen LogP contribution in [0.1, 0.15) is 9.67 Å². The molecular formula is C18H18ClN3O4S2. The van der Waals surface area contributed by atoms with Crippen LogP contribution in [0.3, 0.4) is 0 Å². The van der Waals surface area contributed by atoms with Gasteiger partial charge in [0.1, 0.15) is 4.88 Å². The number of halogens is 1. The lowest BCUT2D eigenvalue weighted by Crippen LogP contribution is -2.16. The third-order valence-corrected chi connectivity index (χ3v) is 5.94. The average molecular weight is 440 g/mol. The summed E-state index contributed by atoms with van der Waals surface area (Å²) < 4.78 is 11.9. The van der Waals surface area contributed by atoms with Gasteiger partial charge in [-0.15, -0.1) is 11.3 Å². The highest BCUT2D eigenvalue weighted by Crippen LogP contribution is 2.27. The normalized spacial score (nSPS) is 11.0. The molecule has 0 saturated heterocycles. The fraction of sp³-hybridized carbons (Fsp3) is 0.278. The van der Waals surface area contributed by atoms with Gasteiger partial charge in [0.15, 0.2) is 5.16 Å². The fourth-order valence-electron chi connectivity index (χ4n) is 2.56. The van der Waals surface area contributed by atoms with Crippen molar-refractivity contribution in [1.82, 2.24) is 9.55 Å². The summed E-state index contributed by atoms with van der Waals surface area (Å²) in [5.74, 6) is -0.575. The highest BCUT2D eigenvalue weighted by Gasteiger charge is 2.17. The maximum Gasteiger partial charge on any atom is 0.350 e. The van der Waals surface area contributed by atoms with Gasteiger partial charge in [0.2, 0.25) is 5.91 Å². The van der Waals surface area contributed by atoms with E-state index in [1.165, 1.54) is 30.2 Å². The number of rotatable bonds is 8. The molecule has 28 heavy (non-hydrogen) atoms. The van der Waals surface area contributed by atoms with E-state index in [1.54, 1.807) is 30.7 Å². The van der Waals surface area contributed by atoms with E-state index in [0.717, 1.165) is 11.0 Å². The molecule has 0 unspecified atom stereocenters. The first-order valence-electron chi connectivity index (χ1n) is 8.26. The van der Waals surface area contributed by atoms with Crippen molar-refractivity contribution < 1.29 is 19.1 Å². The number of imidazole rings is 1. The number of hydrogen-bond donors (Lipinski definition) is 1. The Kier molecular flexibility index (Phi) is 6.95. The van der Waals surface area contributed by atoms with Crippen LogP contribution in [0.4, 0.5) is 5.69 Å². The number of aromatic nitrogens is 2. The predicted octanol–water partition coefficient (Wildman–Crippen LogP) is 3.92. The summed E-state index contributed by atoms with van der Waals surface area (Å²) in [6.07, 6.45) is 0. The predicted molar refractivity (Wildman–Crippen MR) is 112 cm³/mol. The number of thioether (sulfide) groups is 1. The summed E-state index contributed by atoms with van der Waals surface area (Å²) in [5, 5.41) is 5.77. The number of esters is 1. The van der Waals surface area contributed by atoms with Crippen molar-refractivity contribution in [2.24, 2.45) is 0 Å². The molecule has 2 heterocycles. The van der Waals surface area contributed by atoms with Crippen molar-refractivity contribution in [2.75, 3.05) is 31.9 Å². The molecule has 0 saturated carbocycles. The summed E-state index contributed by atoms with van der Waals surface area (Å²) >= 11 is 8.59. The minimum Gasteiger partial charge on any atom is -0.465 e. The first-order chi connectivity index (χ1) is 13.5. The molecule has 3 aromatic rings. The number of nitrogens with one attached hydrogen (secondary N) is 1. The number of nitrogens with zero attached hydrogens (tertiary/aromatic N) is 2. The zero-order chi connectivity index (χ0) is 20.1. The Labute approximate surface area is 175 Å². The number of carbonyl (C=O) groups excluding carboxylic acids is 2. The van der Waals surface area contributed by atoms with Gasteiger partial charge in [0.05, 0.1) is 36.2 Å². The average Bonchev–Trinajstić information content (AvgIpc) is 3.27. The van der Waals surface area contributed by atoms with Gasteiger partial charge in [-0.25, -0.2) is 9.78 Å². The number of fused-ring (bicyclic) bond motifs is 1. The van der Waals surface area contributed by atoms with E-state index in [9.17, 15) is 9.59 Å². The van der Waals surface area contributed by atoms with E-state index in [0.29, 0.717) is 33.9 Å². The van der Waals surface area contributed by atoms with Gasteiger partial charge in [-0.3, -0.25) is 4.79 Å². The topological polar surface area (TPSA) is 82.5 Å². The Morgan fingerprint density at radius 1 is 1.32 bits per heavy atom. The molecule has 0 aliphatic heterocycles. The molecule has 0 bridgehead atoms. The van der Waals surface area contributed by atoms with Gasteiger partial charge in [-0.1, -0.05) is 23.4 Å². The molecule has 10 heteroatoms. The van der Waals surface area contributed by atoms with Crippen LogP contribution in [0, 0.1) is 0 Å². The minimum atomic E-state index is -0.476. The second-order valence-corrected chi connectivity index (χ2v) is 7.96. The Bertz CT molecular complexity index is 1000. The second-order valence-electron chi connectivity index (χ2n) is 5.66. The third-order valence-electron chi connectivity index (χ3n) is 3.84. The standard InChI is InChI=1S/C18H18ClN3O4S2/c1-25-7-6-22-14-4-3-11(19)9-13(14)21-18(22)28-10-15(23)20-12-5-8-27-16(12)17(24)26-2/h3-5,8-9H,6-7,10H2,1-2H3,(H,20,23). The number of carbonyl (C=O) groups is 2. The Hall–Kier alpha value is -2.07. The van der Waals surface area contributed by atoms with Crippen molar-refractivity contribution in [2.45, 2.75) is 11.7 Å². The molecule has 1 aromatic carbocycles. The molecule has 0 spiro atoms. The second kappa shape index (κ2) is 9.42. The Morgan fingerprint density at radius 2 is 2.14 bits per heavy atom. The minimum absolute atomic E-state index is 0.139. The molecule has 1 N–H and O–H groups in total. The first-order valence-corrected chi connectivity index (χ1v) is 10.5. The van der Waals surface area contributed by atoms with E-state index in [2.05, 4.69) is 10.3 Å². The summed E-state index contributed by atoms with van der Waals surface area (Å²) in [7, 11) is 2.94. The van der Waals surface area contributed by atoms with Gasteiger partial charge < -0.3 is 19.4 Å². The third kappa shape index (κ3) is 4.67. The van der Waals surface area contributed by atoms with Crippen LogP contribution in [0.15, 0.2) is 34.8 Å². The summed E-state index contributed by atoms with van der Waals surface area (Å²) in [6, 6.07) is 7.17. The molecule has 2 aromatic heterocycles. The number of hydrogen-bond acceptors (Lipinski definition) is 7. The van der Waals surface area contributed by atoms with Gasteiger partial charge in [0.25, 0.3) is 0 Å². The lowest BCUT2D eigenvalue weighted by atomic mass is 10.3. The zero-order valence-electron chi connectivity index (χ0n) is 15.2. The number of methoxy groups -OCH3 is 2. The van der Waals surface area contributed by atoms with E-state index in [1.807, 2.05) is 10.6 Å². The number of amides is 1. The lowest BCUT2D eigenvalue weighted by molar-refractivity contribution is -0.113. The Morgan fingerprint density at radius 3 is 2.89 bits per heavy atom. The molecule has 148 valence electrons. The molecule has 0 aliphatic carbocycles. The zero-order valence-corrected chi connectivity index (χ0v) is 17.6. The monoisotopic (exact) mass is 439 g/mol. The number of benzene rings is 1. The van der Waals surface area contributed by atoms with Crippen LogP contribution < -0.4 is 5.32 Å². The summed E-state index contributed by atoms with van der Waals surface area (Å²) in [4.78, 5) is 29.1. The van der Waals surface area contributed by atoms with Crippen molar-refractivity contribution >= 4 is 63.3 Å². The largest absolute Gasteiger partial charge is 0.465 e. The van der Waals surface area contributed by atoms with Crippen molar-refractivity contribution in [3.63, 3.8) is 0 Å². The SMILES string of the molecule is COCCn1c(SCC(=O)Nc2ccsc2C(=O)OC)nc2cc(Cl)ccc21. The van der Waals surface area contributed by atoms with Crippen LogP contribution >= 0.6 is 34.7 Å². The fourth-order valence-corrected chi connectivity index (χ4v) is 4.34. The van der Waals surface area contributed by atoms with Crippen LogP contribution in [-0.4, -0.2) is 48.0 Å². The molecule has 3 rings (SSSR count). The number of ether oxygens (including phenoxy) is 2. The summed E-state index contributed by atoms with van der Waals surface area (Å²) in [6.45, 7) is 1.13. The van der Waals surface area contributed by atoms with Gasteiger partial charge >= 0.3 is 5.97 Å². The maximum atomic E-state index is 12.4. The Balaban J connectivity index is 1.73. The molecule has 0 aliphatic rings. The molecule has 0 atom stereocenters. The summed E-state index contributed by atoms with van der Waals surface area (Å²) in [5.41, 5.74) is 2.13. The van der Waals surface area contributed by atoms with Gasteiger partial charge in [-0.2, -0.15) is 0 Å². The van der Waals surface area contributed by atoms with Crippen molar-refractivity contribution in [3.05, 3.63) is 39.5 Å². The quantitative estimate of drug-likeness (QED) is 0.423. The molecule has 7 nitrogen and oxygen atoms in total. The smallest absolute Gasteiger partial charge is 0.350 e. The number of anilines is 1.